The van der Waals surface area contributed by atoms with Crippen molar-refractivity contribution in [3.8, 4) is 0 Å². The van der Waals surface area contributed by atoms with Crippen LogP contribution in [-0.4, -0.2) is 15.9 Å². The normalized spacial score (nSPS) is 10.2. The van der Waals surface area contributed by atoms with Crippen molar-refractivity contribution in [2.24, 2.45) is 0 Å². The number of amides is 1. The molecule has 98 valence electrons. The van der Waals surface area contributed by atoms with Gasteiger partial charge < -0.3 is 4.98 Å². The van der Waals surface area contributed by atoms with E-state index in [4.69, 9.17) is 0 Å². The summed E-state index contributed by atoms with van der Waals surface area (Å²) in [5.74, 6) is 0.386. The molecule has 3 aromatic rings. The van der Waals surface area contributed by atoms with Crippen LogP contribution in [0.15, 0.2) is 73.1 Å². The zero-order chi connectivity index (χ0) is 13.8. The summed E-state index contributed by atoms with van der Waals surface area (Å²) < 4.78 is 0. The summed E-state index contributed by atoms with van der Waals surface area (Å²) in [7, 11) is 0. The van der Waals surface area contributed by atoms with Gasteiger partial charge in [-0.2, -0.15) is 0 Å². The van der Waals surface area contributed by atoms with Gasteiger partial charge in [0.2, 0.25) is 5.95 Å². The number of benzene rings is 2. The number of anilines is 2. The number of aromatic amines is 1. The first-order valence-corrected chi connectivity index (χ1v) is 6.30. The molecule has 0 radical (unpaired) electrons. The Morgan fingerprint density at radius 2 is 1.60 bits per heavy atom. The van der Waals surface area contributed by atoms with Gasteiger partial charge in [-0.15, -0.1) is 0 Å². The molecule has 0 aliphatic heterocycles. The van der Waals surface area contributed by atoms with Crippen LogP contribution in [0.3, 0.4) is 0 Å². The highest BCUT2D eigenvalue weighted by Gasteiger charge is 2.21. The van der Waals surface area contributed by atoms with Crippen LogP contribution in [-0.2, 0) is 0 Å². The summed E-state index contributed by atoms with van der Waals surface area (Å²) in [6, 6.07) is 18.6. The van der Waals surface area contributed by atoms with E-state index in [0.717, 1.165) is 5.69 Å². The lowest BCUT2D eigenvalue weighted by Crippen LogP contribution is -2.26. The third-order valence-corrected chi connectivity index (χ3v) is 2.93. The van der Waals surface area contributed by atoms with Crippen molar-refractivity contribution in [3.63, 3.8) is 0 Å². The van der Waals surface area contributed by atoms with Crippen molar-refractivity contribution in [2.45, 2.75) is 0 Å². The zero-order valence-corrected chi connectivity index (χ0v) is 10.7. The van der Waals surface area contributed by atoms with Crippen LogP contribution in [0, 0.1) is 0 Å². The second kappa shape index (κ2) is 5.40. The standard InChI is InChI=1S/C16H13N3O/c20-15(13-7-3-1-4-8-13)19(16-17-11-12-18-16)14-9-5-2-6-10-14/h1-12H,(H,17,18). The average Bonchev–Trinajstić information content (AvgIpc) is 3.03. The molecule has 1 aromatic heterocycles. The van der Waals surface area contributed by atoms with E-state index in [9.17, 15) is 4.79 Å². The molecule has 4 heteroatoms. The third-order valence-electron chi connectivity index (χ3n) is 2.93. The van der Waals surface area contributed by atoms with Crippen LogP contribution >= 0.6 is 0 Å². The minimum atomic E-state index is -0.119. The SMILES string of the molecule is O=C(c1ccccc1)N(c1ccccc1)c1ncc[nH]1. The molecule has 0 aliphatic carbocycles. The van der Waals surface area contributed by atoms with Crippen LogP contribution in [0.25, 0.3) is 0 Å². The van der Waals surface area contributed by atoms with E-state index in [1.54, 1.807) is 29.4 Å². The monoisotopic (exact) mass is 263 g/mol. The number of para-hydroxylation sites is 1. The van der Waals surface area contributed by atoms with Crippen LogP contribution in [0.1, 0.15) is 10.4 Å². The molecule has 0 spiro atoms. The van der Waals surface area contributed by atoms with Gasteiger partial charge >= 0.3 is 0 Å². The van der Waals surface area contributed by atoms with Gasteiger partial charge in [-0.05, 0) is 24.3 Å². The van der Waals surface area contributed by atoms with Gasteiger partial charge in [0.1, 0.15) is 0 Å². The number of nitrogens with one attached hydrogen (secondary N) is 1. The maximum atomic E-state index is 12.7. The molecule has 0 saturated heterocycles. The third kappa shape index (κ3) is 2.31. The molecule has 0 aliphatic rings. The fourth-order valence-corrected chi connectivity index (χ4v) is 2.00. The Morgan fingerprint density at radius 3 is 2.20 bits per heavy atom. The van der Waals surface area contributed by atoms with Gasteiger partial charge in [-0.1, -0.05) is 36.4 Å². The average molecular weight is 263 g/mol. The predicted molar refractivity (Wildman–Crippen MR) is 77.9 cm³/mol. The van der Waals surface area contributed by atoms with Crippen LogP contribution in [0.2, 0.25) is 0 Å². The fourth-order valence-electron chi connectivity index (χ4n) is 2.00. The van der Waals surface area contributed by atoms with E-state index in [-0.39, 0.29) is 5.91 Å². The number of H-pyrrole nitrogens is 1. The number of hydrogen-bond acceptors (Lipinski definition) is 2. The number of imidazole rings is 1. The highest BCUT2D eigenvalue weighted by Crippen LogP contribution is 2.23. The van der Waals surface area contributed by atoms with E-state index < -0.39 is 0 Å². The Kier molecular flexibility index (Phi) is 3.29. The summed E-state index contributed by atoms with van der Waals surface area (Å²) in [6.07, 6.45) is 3.33. The first-order valence-electron chi connectivity index (χ1n) is 6.30. The molecule has 2 aromatic carbocycles. The van der Waals surface area contributed by atoms with Crippen LogP contribution in [0.5, 0.6) is 0 Å². The van der Waals surface area contributed by atoms with Gasteiger partial charge in [0, 0.05) is 18.0 Å². The lowest BCUT2D eigenvalue weighted by Gasteiger charge is -2.20. The van der Waals surface area contributed by atoms with Crippen molar-refractivity contribution in [2.75, 3.05) is 4.90 Å². The molecule has 0 saturated carbocycles. The van der Waals surface area contributed by atoms with Gasteiger partial charge in [-0.3, -0.25) is 4.79 Å². The molecule has 20 heavy (non-hydrogen) atoms. The first-order chi connectivity index (χ1) is 9.86. The van der Waals surface area contributed by atoms with Gasteiger partial charge in [0.15, 0.2) is 0 Å². The number of hydrogen-bond donors (Lipinski definition) is 1. The molecule has 0 fully saturated rings. The summed E-state index contributed by atoms with van der Waals surface area (Å²) in [6.45, 7) is 0. The van der Waals surface area contributed by atoms with Crippen LogP contribution < -0.4 is 4.90 Å². The number of aromatic nitrogens is 2. The summed E-state index contributed by atoms with van der Waals surface area (Å²) in [5, 5.41) is 0. The lowest BCUT2D eigenvalue weighted by molar-refractivity contribution is 0.0998. The van der Waals surface area contributed by atoms with E-state index in [0.29, 0.717) is 11.5 Å². The highest BCUT2D eigenvalue weighted by molar-refractivity contribution is 6.09. The first kappa shape index (κ1) is 12.2. The summed E-state index contributed by atoms with van der Waals surface area (Å²) in [4.78, 5) is 21.4. The minimum Gasteiger partial charge on any atom is -0.330 e. The molecule has 4 nitrogen and oxygen atoms in total. The lowest BCUT2D eigenvalue weighted by atomic mass is 10.2. The predicted octanol–water partition coefficient (Wildman–Crippen LogP) is 3.39. The van der Waals surface area contributed by atoms with Gasteiger partial charge in [0.25, 0.3) is 5.91 Å². The number of carbonyl (C=O) groups excluding carboxylic acids is 1. The van der Waals surface area contributed by atoms with Crippen molar-refractivity contribution in [1.82, 2.24) is 9.97 Å². The number of nitrogens with zero attached hydrogens (tertiary/aromatic N) is 2. The van der Waals surface area contributed by atoms with E-state index in [1.807, 2.05) is 48.5 Å². The zero-order valence-electron chi connectivity index (χ0n) is 10.7. The topological polar surface area (TPSA) is 49.0 Å². The number of carbonyl (C=O) groups is 1. The Bertz CT molecular complexity index is 678. The van der Waals surface area contributed by atoms with Gasteiger partial charge in [0.05, 0.1) is 5.69 Å². The van der Waals surface area contributed by atoms with Crippen LogP contribution in [0.4, 0.5) is 11.6 Å². The van der Waals surface area contributed by atoms with Crippen molar-refractivity contribution in [1.29, 1.82) is 0 Å². The molecule has 1 amide bonds. The number of rotatable bonds is 3. The van der Waals surface area contributed by atoms with Crippen molar-refractivity contribution in [3.05, 3.63) is 78.6 Å². The van der Waals surface area contributed by atoms with E-state index in [1.165, 1.54) is 0 Å². The fraction of sp³-hybridized carbons (Fsp3) is 0. The highest BCUT2D eigenvalue weighted by atomic mass is 16.2. The molecule has 1 heterocycles. The maximum Gasteiger partial charge on any atom is 0.265 e. The smallest absolute Gasteiger partial charge is 0.265 e. The minimum absolute atomic E-state index is 0.119. The quantitative estimate of drug-likeness (QED) is 0.787. The van der Waals surface area contributed by atoms with E-state index >= 15 is 0 Å². The molecular formula is C16H13N3O. The molecule has 0 atom stereocenters. The Morgan fingerprint density at radius 1 is 0.950 bits per heavy atom. The molecule has 0 bridgehead atoms. The Labute approximate surface area is 116 Å². The Hall–Kier alpha value is -2.88. The second-order valence-electron chi connectivity index (χ2n) is 4.25. The summed E-state index contributed by atoms with van der Waals surface area (Å²) >= 11 is 0. The second-order valence-corrected chi connectivity index (χ2v) is 4.25. The molecule has 1 N–H and O–H groups in total. The molecular weight excluding hydrogens is 250 g/mol. The van der Waals surface area contributed by atoms with E-state index in [2.05, 4.69) is 9.97 Å². The van der Waals surface area contributed by atoms with Crippen molar-refractivity contribution >= 4 is 17.5 Å². The largest absolute Gasteiger partial charge is 0.330 e. The Balaban J connectivity index is 2.05. The summed E-state index contributed by atoms with van der Waals surface area (Å²) in [5.41, 5.74) is 1.39. The van der Waals surface area contributed by atoms with Gasteiger partial charge in [-0.25, -0.2) is 9.88 Å². The van der Waals surface area contributed by atoms with Crippen molar-refractivity contribution < 1.29 is 4.79 Å². The molecule has 3 rings (SSSR count). The maximum absolute atomic E-state index is 12.7. The molecule has 0 unspecified atom stereocenters.